The van der Waals surface area contributed by atoms with Crippen molar-refractivity contribution < 1.29 is 9.63 Å². The standard InChI is InChI=1S/C9H11NO2/c1-10-12-9(11)7-8-5-3-2-4-6-8/h2-6,10H,7H2,1H3. The third-order valence-electron chi connectivity index (χ3n) is 1.41. The molecule has 12 heavy (non-hydrogen) atoms. The Morgan fingerprint density at radius 1 is 1.42 bits per heavy atom. The van der Waals surface area contributed by atoms with Crippen LogP contribution in [0.1, 0.15) is 5.56 Å². The van der Waals surface area contributed by atoms with Crippen molar-refractivity contribution in [2.75, 3.05) is 7.05 Å². The summed E-state index contributed by atoms with van der Waals surface area (Å²) in [6, 6.07) is 9.46. The minimum Gasteiger partial charge on any atom is -0.371 e. The first-order valence-corrected chi connectivity index (χ1v) is 3.73. The van der Waals surface area contributed by atoms with Crippen molar-refractivity contribution in [3.63, 3.8) is 0 Å². The first-order valence-electron chi connectivity index (χ1n) is 3.73. The summed E-state index contributed by atoms with van der Waals surface area (Å²) >= 11 is 0. The predicted molar refractivity (Wildman–Crippen MR) is 45.3 cm³/mol. The molecule has 0 unspecified atom stereocenters. The number of carbonyl (C=O) groups excluding carboxylic acids is 1. The summed E-state index contributed by atoms with van der Waals surface area (Å²) < 4.78 is 0. The minimum atomic E-state index is -0.274. The van der Waals surface area contributed by atoms with E-state index in [1.165, 1.54) is 0 Å². The van der Waals surface area contributed by atoms with Crippen LogP contribution in [0.3, 0.4) is 0 Å². The molecule has 0 aliphatic heterocycles. The molecule has 1 rings (SSSR count). The van der Waals surface area contributed by atoms with E-state index in [1.807, 2.05) is 30.3 Å². The van der Waals surface area contributed by atoms with Gasteiger partial charge in [-0.15, -0.1) is 0 Å². The third kappa shape index (κ3) is 2.72. The van der Waals surface area contributed by atoms with Crippen LogP contribution >= 0.6 is 0 Å². The molecule has 0 atom stereocenters. The minimum absolute atomic E-state index is 0.274. The van der Waals surface area contributed by atoms with Crippen LogP contribution in [0.2, 0.25) is 0 Å². The molecule has 0 bridgehead atoms. The zero-order valence-corrected chi connectivity index (χ0v) is 6.91. The maximum atomic E-state index is 10.9. The highest BCUT2D eigenvalue weighted by Crippen LogP contribution is 1.99. The lowest BCUT2D eigenvalue weighted by Crippen LogP contribution is -2.16. The van der Waals surface area contributed by atoms with Crippen molar-refractivity contribution in [2.45, 2.75) is 6.42 Å². The van der Waals surface area contributed by atoms with Gasteiger partial charge in [-0.2, -0.15) is 5.48 Å². The molecule has 0 fully saturated rings. The van der Waals surface area contributed by atoms with Crippen molar-refractivity contribution in [3.05, 3.63) is 35.9 Å². The first-order chi connectivity index (χ1) is 5.83. The zero-order chi connectivity index (χ0) is 8.81. The van der Waals surface area contributed by atoms with E-state index >= 15 is 0 Å². The van der Waals surface area contributed by atoms with Gasteiger partial charge in [0.25, 0.3) is 0 Å². The van der Waals surface area contributed by atoms with Crippen LogP contribution in [0.5, 0.6) is 0 Å². The van der Waals surface area contributed by atoms with Gasteiger partial charge in [-0.3, -0.25) is 4.79 Å². The van der Waals surface area contributed by atoms with Gasteiger partial charge in [0, 0.05) is 7.05 Å². The second-order valence-corrected chi connectivity index (χ2v) is 2.34. The predicted octanol–water partition coefficient (Wildman–Crippen LogP) is 0.907. The number of rotatable bonds is 3. The molecule has 0 radical (unpaired) electrons. The number of nitrogens with one attached hydrogen (secondary N) is 1. The Balaban J connectivity index is 2.47. The van der Waals surface area contributed by atoms with E-state index < -0.39 is 0 Å². The summed E-state index contributed by atoms with van der Waals surface area (Å²) in [5, 5.41) is 0. The first kappa shape index (κ1) is 8.74. The Morgan fingerprint density at radius 2 is 2.08 bits per heavy atom. The van der Waals surface area contributed by atoms with E-state index in [9.17, 15) is 4.79 Å². The van der Waals surface area contributed by atoms with Gasteiger partial charge in [-0.25, -0.2) is 0 Å². The van der Waals surface area contributed by atoms with Gasteiger partial charge in [-0.05, 0) is 5.56 Å². The highest BCUT2D eigenvalue weighted by atomic mass is 16.7. The molecule has 1 aromatic rings. The van der Waals surface area contributed by atoms with Gasteiger partial charge in [-0.1, -0.05) is 30.3 Å². The molecule has 0 aliphatic carbocycles. The van der Waals surface area contributed by atoms with Gasteiger partial charge < -0.3 is 4.84 Å². The van der Waals surface area contributed by atoms with E-state index in [2.05, 4.69) is 10.3 Å². The Hall–Kier alpha value is -1.35. The number of hydroxylamine groups is 1. The number of carbonyl (C=O) groups is 1. The molecule has 0 saturated carbocycles. The summed E-state index contributed by atoms with van der Waals surface area (Å²) in [5.74, 6) is -0.274. The summed E-state index contributed by atoms with van der Waals surface area (Å²) in [7, 11) is 1.56. The maximum Gasteiger partial charge on any atom is 0.329 e. The van der Waals surface area contributed by atoms with E-state index in [1.54, 1.807) is 7.05 Å². The zero-order valence-electron chi connectivity index (χ0n) is 6.91. The molecule has 1 aromatic carbocycles. The maximum absolute atomic E-state index is 10.9. The molecule has 0 amide bonds. The van der Waals surface area contributed by atoms with Gasteiger partial charge in [0.2, 0.25) is 0 Å². The van der Waals surface area contributed by atoms with Crippen molar-refractivity contribution in [1.82, 2.24) is 5.48 Å². The molecular formula is C9H11NO2. The second kappa shape index (κ2) is 4.51. The van der Waals surface area contributed by atoms with Crippen LogP contribution in [0.4, 0.5) is 0 Å². The van der Waals surface area contributed by atoms with Crippen molar-refractivity contribution in [1.29, 1.82) is 0 Å². The SMILES string of the molecule is CNOC(=O)Cc1ccccc1. The molecule has 0 heterocycles. The van der Waals surface area contributed by atoms with Crippen LogP contribution in [0, 0.1) is 0 Å². The molecule has 64 valence electrons. The van der Waals surface area contributed by atoms with Gasteiger partial charge in [0.05, 0.1) is 6.42 Å². The lowest BCUT2D eigenvalue weighted by molar-refractivity contribution is -0.149. The fourth-order valence-corrected chi connectivity index (χ4v) is 0.912. The molecule has 3 nitrogen and oxygen atoms in total. The van der Waals surface area contributed by atoms with E-state index in [-0.39, 0.29) is 5.97 Å². The summed E-state index contributed by atoms with van der Waals surface area (Å²) in [6.45, 7) is 0. The van der Waals surface area contributed by atoms with E-state index in [4.69, 9.17) is 0 Å². The van der Waals surface area contributed by atoms with Crippen molar-refractivity contribution >= 4 is 5.97 Å². The summed E-state index contributed by atoms with van der Waals surface area (Å²) in [4.78, 5) is 15.5. The average molecular weight is 165 g/mol. The van der Waals surface area contributed by atoms with Crippen LogP contribution in [0.15, 0.2) is 30.3 Å². The van der Waals surface area contributed by atoms with E-state index in [0.29, 0.717) is 6.42 Å². The molecule has 0 spiro atoms. The largest absolute Gasteiger partial charge is 0.371 e. The van der Waals surface area contributed by atoms with Crippen LogP contribution in [0.25, 0.3) is 0 Å². The number of hydrogen-bond acceptors (Lipinski definition) is 3. The topological polar surface area (TPSA) is 38.3 Å². The lowest BCUT2D eigenvalue weighted by atomic mass is 10.2. The Kier molecular flexibility index (Phi) is 3.29. The normalized spacial score (nSPS) is 9.42. The van der Waals surface area contributed by atoms with Crippen LogP contribution < -0.4 is 5.48 Å². The summed E-state index contributed by atoms with van der Waals surface area (Å²) in [5.41, 5.74) is 3.29. The lowest BCUT2D eigenvalue weighted by Gasteiger charge is -2.00. The highest BCUT2D eigenvalue weighted by molar-refractivity contribution is 5.72. The Bertz CT molecular complexity index is 246. The fourth-order valence-electron chi connectivity index (χ4n) is 0.912. The smallest absolute Gasteiger partial charge is 0.329 e. The monoisotopic (exact) mass is 165 g/mol. The highest BCUT2D eigenvalue weighted by Gasteiger charge is 2.02. The fraction of sp³-hybridized carbons (Fsp3) is 0.222. The van der Waals surface area contributed by atoms with Crippen LogP contribution in [-0.2, 0) is 16.1 Å². The van der Waals surface area contributed by atoms with Gasteiger partial charge >= 0.3 is 5.97 Å². The quantitative estimate of drug-likeness (QED) is 0.676. The van der Waals surface area contributed by atoms with Crippen molar-refractivity contribution in [2.24, 2.45) is 0 Å². The third-order valence-corrected chi connectivity index (χ3v) is 1.41. The van der Waals surface area contributed by atoms with Crippen LogP contribution in [-0.4, -0.2) is 13.0 Å². The Morgan fingerprint density at radius 3 is 2.67 bits per heavy atom. The second-order valence-electron chi connectivity index (χ2n) is 2.34. The molecular weight excluding hydrogens is 154 g/mol. The molecule has 0 aromatic heterocycles. The molecule has 3 heteroatoms. The number of benzene rings is 1. The summed E-state index contributed by atoms with van der Waals surface area (Å²) in [6.07, 6.45) is 0.307. The van der Waals surface area contributed by atoms with E-state index in [0.717, 1.165) is 5.56 Å². The van der Waals surface area contributed by atoms with Gasteiger partial charge in [0.1, 0.15) is 0 Å². The molecule has 0 saturated heterocycles. The van der Waals surface area contributed by atoms with Gasteiger partial charge in [0.15, 0.2) is 0 Å². The van der Waals surface area contributed by atoms with Crippen molar-refractivity contribution in [3.8, 4) is 0 Å². The molecule has 0 aliphatic rings. The molecule has 1 N–H and O–H groups in total. The number of hydrogen-bond donors (Lipinski definition) is 1. The average Bonchev–Trinajstić information content (AvgIpc) is 2.06. The Labute approximate surface area is 71.3 Å².